The number of nitrogens with one attached hydrogen (secondary N) is 1. The van der Waals surface area contributed by atoms with Crippen molar-refractivity contribution in [2.24, 2.45) is 10.2 Å². The van der Waals surface area contributed by atoms with E-state index in [1.807, 2.05) is 42.5 Å². The van der Waals surface area contributed by atoms with Crippen LogP contribution in [0.2, 0.25) is 0 Å². The molecule has 0 radical (unpaired) electrons. The molecule has 0 aliphatic carbocycles. The zero-order valence-corrected chi connectivity index (χ0v) is 28.4. The summed E-state index contributed by atoms with van der Waals surface area (Å²) in [6.45, 7) is 1.66. The van der Waals surface area contributed by atoms with Crippen LogP contribution in [0, 0.1) is 6.92 Å². The molecule has 0 fully saturated rings. The van der Waals surface area contributed by atoms with E-state index in [0.29, 0.717) is 40.0 Å². The van der Waals surface area contributed by atoms with E-state index in [-0.39, 0.29) is 22.2 Å². The van der Waals surface area contributed by atoms with Crippen LogP contribution in [0.3, 0.4) is 0 Å². The molecule has 0 saturated heterocycles. The van der Waals surface area contributed by atoms with Crippen molar-refractivity contribution >= 4 is 51.5 Å². The fourth-order valence-electron chi connectivity index (χ4n) is 4.93. The summed E-state index contributed by atoms with van der Waals surface area (Å²) >= 11 is 0. The van der Waals surface area contributed by atoms with E-state index in [2.05, 4.69) is 20.1 Å². The third-order valence-electron chi connectivity index (χ3n) is 7.48. The number of methoxy groups -OCH3 is 2. The van der Waals surface area contributed by atoms with E-state index in [1.165, 1.54) is 50.6 Å². The van der Waals surface area contributed by atoms with Crippen molar-refractivity contribution in [2.75, 3.05) is 18.9 Å². The Morgan fingerprint density at radius 1 is 0.784 bits per heavy atom. The molecule has 258 valence electrons. The number of rotatable bonds is 12. The molecule has 0 unspecified atom stereocenters. The first kappa shape index (κ1) is 34.2. The minimum Gasteiger partial charge on any atom is -0.504 e. The highest BCUT2D eigenvalue weighted by Gasteiger charge is 2.18. The van der Waals surface area contributed by atoms with Gasteiger partial charge in [-0.25, -0.2) is 13.1 Å². The molecular weight excluding hydrogens is 673 g/mol. The zero-order chi connectivity index (χ0) is 36.0. The largest absolute Gasteiger partial charge is 0.504 e. The van der Waals surface area contributed by atoms with Crippen molar-refractivity contribution < 1.29 is 32.6 Å². The molecule has 0 spiro atoms. The number of hydrogen-bond donors (Lipinski definition) is 3. The lowest BCUT2D eigenvalue weighted by molar-refractivity contribution is 0.373. The standard InChI is InChI=1S/C37H32N6O7S/c1-24-21-36(41-50-24)42-51(46,47)29-15-13-27(14-16-29)38-39-37-30(17-9-25-11-19-32(44)34(22-25)48-2)40-43(28-7-5-4-6-8-28)31(37)18-10-26-12-20-33(45)35(23-26)49-3/h4-23,44-45H,1-3H3,(H,41,42)/b17-9+,18-10+,39-38?. The maximum absolute atomic E-state index is 12.9. The molecule has 0 atom stereocenters. The van der Waals surface area contributed by atoms with Crippen LogP contribution >= 0.6 is 0 Å². The highest BCUT2D eigenvalue weighted by atomic mass is 32.2. The van der Waals surface area contributed by atoms with Crippen LogP contribution in [0.1, 0.15) is 28.3 Å². The van der Waals surface area contributed by atoms with Crippen molar-refractivity contribution in [3.8, 4) is 28.7 Å². The Balaban J connectivity index is 1.42. The molecule has 0 aliphatic heterocycles. The minimum absolute atomic E-state index is 0.0000954. The lowest BCUT2D eigenvalue weighted by Gasteiger charge is -2.06. The van der Waals surface area contributed by atoms with Gasteiger partial charge in [0.05, 0.1) is 36.2 Å². The highest BCUT2D eigenvalue weighted by Crippen LogP contribution is 2.34. The van der Waals surface area contributed by atoms with Crippen LogP contribution in [0.15, 0.2) is 117 Å². The molecule has 3 N–H and O–H groups in total. The lowest BCUT2D eigenvalue weighted by atomic mass is 10.1. The van der Waals surface area contributed by atoms with Crippen LogP contribution in [0.5, 0.6) is 23.0 Å². The predicted octanol–water partition coefficient (Wildman–Crippen LogP) is 8.15. The summed E-state index contributed by atoms with van der Waals surface area (Å²) in [6, 6.07) is 26.8. The number of ether oxygens (including phenoxy) is 2. The summed E-state index contributed by atoms with van der Waals surface area (Å²) in [5, 5.41) is 37.8. The number of benzene rings is 4. The molecule has 0 aliphatic rings. The van der Waals surface area contributed by atoms with E-state index in [0.717, 1.165) is 16.8 Å². The molecule has 51 heavy (non-hydrogen) atoms. The summed E-state index contributed by atoms with van der Waals surface area (Å²) in [5.74, 6) is 1.20. The lowest BCUT2D eigenvalue weighted by Crippen LogP contribution is -2.12. The Kier molecular flexibility index (Phi) is 9.95. The quantitative estimate of drug-likeness (QED) is 0.106. The van der Waals surface area contributed by atoms with Crippen LogP contribution in [0.25, 0.3) is 30.0 Å². The highest BCUT2D eigenvalue weighted by molar-refractivity contribution is 7.92. The van der Waals surface area contributed by atoms with Gasteiger partial charge in [0.1, 0.15) is 17.1 Å². The third kappa shape index (κ3) is 7.98. The molecule has 6 aromatic rings. The Morgan fingerprint density at radius 3 is 2.00 bits per heavy atom. The number of hydrogen-bond acceptors (Lipinski definition) is 11. The van der Waals surface area contributed by atoms with Crippen LogP contribution in [0.4, 0.5) is 17.2 Å². The number of aromatic nitrogens is 3. The number of aromatic hydroxyl groups is 2. The zero-order valence-electron chi connectivity index (χ0n) is 27.6. The summed E-state index contributed by atoms with van der Waals surface area (Å²) < 4.78 is 45.4. The number of para-hydroxylation sites is 1. The molecule has 4 aromatic carbocycles. The smallest absolute Gasteiger partial charge is 0.263 e. The van der Waals surface area contributed by atoms with Crippen LogP contribution in [-0.4, -0.2) is 47.8 Å². The van der Waals surface area contributed by atoms with Gasteiger partial charge in [-0.05, 0) is 90.9 Å². The van der Waals surface area contributed by atoms with Crippen molar-refractivity contribution in [1.82, 2.24) is 14.9 Å². The van der Waals surface area contributed by atoms with Crippen LogP contribution < -0.4 is 14.2 Å². The molecule has 14 heteroatoms. The third-order valence-corrected chi connectivity index (χ3v) is 8.85. The second-order valence-electron chi connectivity index (χ2n) is 11.0. The minimum atomic E-state index is -3.93. The Hall–Kier alpha value is -6.67. The van der Waals surface area contributed by atoms with Gasteiger partial charge in [-0.3, -0.25) is 4.72 Å². The molecule has 0 amide bonds. The fourth-order valence-corrected chi connectivity index (χ4v) is 5.91. The Bertz CT molecular complexity index is 2360. The van der Waals surface area contributed by atoms with E-state index in [1.54, 1.807) is 54.1 Å². The summed E-state index contributed by atoms with van der Waals surface area (Å²) in [4.78, 5) is -0.0000954. The molecular formula is C37H32N6O7S. The number of phenols is 2. The van der Waals surface area contributed by atoms with Crippen molar-refractivity contribution in [3.05, 3.63) is 125 Å². The SMILES string of the molecule is COc1cc(/C=C/c2nn(-c3ccccc3)c(/C=C/c3ccc(O)c(OC)c3)c2N=Nc2ccc(S(=O)(=O)Nc3cc(C)on3)cc2)ccc1O. The average molecular weight is 705 g/mol. The molecule has 2 aromatic heterocycles. The number of nitrogens with zero attached hydrogens (tertiary/aromatic N) is 5. The Labute approximate surface area is 293 Å². The normalized spacial score (nSPS) is 11.9. The van der Waals surface area contributed by atoms with E-state index < -0.39 is 10.0 Å². The Morgan fingerprint density at radius 2 is 1.41 bits per heavy atom. The monoisotopic (exact) mass is 704 g/mol. The van der Waals surface area contributed by atoms with E-state index in [4.69, 9.17) is 19.1 Å². The maximum atomic E-state index is 12.9. The van der Waals surface area contributed by atoms with Gasteiger partial charge in [-0.15, -0.1) is 5.11 Å². The number of azo groups is 1. The van der Waals surface area contributed by atoms with Crippen molar-refractivity contribution in [1.29, 1.82) is 0 Å². The number of anilines is 1. The summed E-state index contributed by atoms with van der Waals surface area (Å²) in [5.41, 5.74) is 4.06. The van der Waals surface area contributed by atoms with Gasteiger partial charge in [0.2, 0.25) is 0 Å². The topological polar surface area (TPSA) is 174 Å². The second kappa shape index (κ2) is 14.8. The average Bonchev–Trinajstić information content (AvgIpc) is 3.71. The summed E-state index contributed by atoms with van der Waals surface area (Å²) in [7, 11) is -0.984. The van der Waals surface area contributed by atoms with Crippen molar-refractivity contribution in [2.45, 2.75) is 11.8 Å². The van der Waals surface area contributed by atoms with Gasteiger partial charge in [0, 0.05) is 6.07 Å². The number of aryl methyl sites for hydroxylation is 1. The van der Waals surface area contributed by atoms with Crippen LogP contribution in [-0.2, 0) is 10.0 Å². The first-order valence-electron chi connectivity index (χ1n) is 15.4. The van der Waals surface area contributed by atoms with Gasteiger partial charge < -0.3 is 24.2 Å². The van der Waals surface area contributed by atoms with Gasteiger partial charge in [0.25, 0.3) is 10.0 Å². The second-order valence-corrected chi connectivity index (χ2v) is 12.7. The molecule has 2 heterocycles. The first-order valence-corrected chi connectivity index (χ1v) is 16.9. The van der Waals surface area contributed by atoms with E-state index >= 15 is 0 Å². The van der Waals surface area contributed by atoms with Gasteiger partial charge in [-0.1, -0.05) is 47.6 Å². The predicted molar refractivity (Wildman–Crippen MR) is 193 cm³/mol. The van der Waals surface area contributed by atoms with E-state index in [9.17, 15) is 18.6 Å². The number of sulfonamides is 1. The number of phenolic OH excluding ortho intramolecular Hbond substituents is 2. The van der Waals surface area contributed by atoms with Crippen molar-refractivity contribution in [3.63, 3.8) is 0 Å². The molecule has 13 nitrogen and oxygen atoms in total. The fraction of sp³-hybridized carbons (Fsp3) is 0.0811. The first-order chi connectivity index (χ1) is 24.6. The van der Waals surface area contributed by atoms with Gasteiger partial charge in [0.15, 0.2) is 28.8 Å². The summed E-state index contributed by atoms with van der Waals surface area (Å²) in [6.07, 6.45) is 7.24. The van der Waals surface area contributed by atoms with Gasteiger partial charge >= 0.3 is 0 Å². The molecule has 6 rings (SSSR count). The molecule has 0 saturated carbocycles. The molecule has 0 bridgehead atoms. The van der Waals surface area contributed by atoms with Gasteiger partial charge in [-0.2, -0.15) is 10.2 Å². The maximum Gasteiger partial charge on any atom is 0.263 e.